The normalized spacial score (nSPS) is 11.0. The Hall–Kier alpha value is -2.38. The zero-order valence-electron chi connectivity index (χ0n) is 10.5. The maximum absolute atomic E-state index is 12.7. The number of halogens is 3. The lowest BCUT2D eigenvalue weighted by molar-refractivity contribution is -0.388. The molecule has 0 heterocycles. The van der Waals surface area contributed by atoms with Gasteiger partial charge in [-0.1, -0.05) is 12.2 Å². The van der Waals surface area contributed by atoms with Gasteiger partial charge in [0.25, 0.3) is 5.69 Å². The standard InChI is InChI=1S/C12H11F3N2O3/c1-7(2)5-11(18)16-8-3-4-10(17(19)20)9(6-8)12(13,14)15/h3-4,6H,1,5H2,2H3,(H,16,18). The molecule has 5 nitrogen and oxygen atoms in total. The van der Waals surface area contributed by atoms with Crippen LogP contribution in [0.5, 0.6) is 0 Å². The van der Waals surface area contributed by atoms with Crippen LogP contribution in [-0.4, -0.2) is 10.8 Å². The van der Waals surface area contributed by atoms with Crippen LogP contribution in [0.15, 0.2) is 30.4 Å². The summed E-state index contributed by atoms with van der Waals surface area (Å²) in [5, 5.41) is 12.8. The van der Waals surface area contributed by atoms with Gasteiger partial charge < -0.3 is 5.32 Å². The van der Waals surface area contributed by atoms with E-state index in [1.54, 1.807) is 6.92 Å². The highest BCUT2D eigenvalue weighted by Crippen LogP contribution is 2.37. The van der Waals surface area contributed by atoms with Crippen molar-refractivity contribution in [2.24, 2.45) is 0 Å². The zero-order chi connectivity index (χ0) is 15.5. The highest BCUT2D eigenvalue weighted by atomic mass is 19.4. The number of nitrogens with one attached hydrogen (secondary N) is 1. The zero-order valence-corrected chi connectivity index (χ0v) is 10.5. The lowest BCUT2D eigenvalue weighted by Crippen LogP contribution is -2.14. The van der Waals surface area contributed by atoms with E-state index in [1.165, 1.54) is 0 Å². The van der Waals surface area contributed by atoms with E-state index in [0.29, 0.717) is 17.7 Å². The minimum absolute atomic E-state index is 0.0433. The van der Waals surface area contributed by atoms with Gasteiger partial charge in [-0.15, -0.1) is 0 Å². The molecule has 0 saturated carbocycles. The third kappa shape index (κ3) is 4.08. The lowest BCUT2D eigenvalue weighted by atomic mass is 10.1. The van der Waals surface area contributed by atoms with Gasteiger partial charge in [-0.3, -0.25) is 14.9 Å². The Morgan fingerprint density at radius 3 is 2.50 bits per heavy atom. The number of nitro benzene ring substituents is 1. The minimum Gasteiger partial charge on any atom is -0.326 e. The SMILES string of the molecule is C=C(C)CC(=O)Nc1ccc([N+](=O)[O-])c(C(F)(F)F)c1. The molecule has 8 heteroatoms. The van der Waals surface area contributed by atoms with Crippen molar-refractivity contribution >= 4 is 17.3 Å². The van der Waals surface area contributed by atoms with Gasteiger partial charge in [0, 0.05) is 18.2 Å². The molecule has 0 aliphatic carbocycles. The number of amides is 1. The van der Waals surface area contributed by atoms with Gasteiger partial charge in [0.2, 0.25) is 5.91 Å². The molecule has 1 aromatic rings. The second-order valence-electron chi connectivity index (χ2n) is 4.17. The average Bonchev–Trinajstić information content (AvgIpc) is 2.25. The quantitative estimate of drug-likeness (QED) is 0.523. The van der Waals surface area contributed by atoms with Gasteiger partial charge in [-0.25, -0.2) is 0 Å². The fourth-order valence-corrected chi connectivity index (χ4v) is 1.48. The molecular formula is C12H11F3N2O3. The van der Waals surface area contributed by atoms with Crippen LogP contribution in [0.4, 0.5) is 24.5 Å². The largest absolute Gasteiger partial charge is 0.423 e. The number of alkyl halides is 3. The number of rotatable bonds is 4. The molecule has 0 unspecified atom stereocenters. The second-order valence-corrected chi connectivity index (χ2v) is 4.17. The first-order chi connectivity index (χ1) is 9.11. The van der Waals surface area contributed by atoms with Crippen LogP contribution in [0.2, 0.25) is 0 Å². The lowest BCUT2D eigenvalue weighted by Gasteiger charge is -2.10. The fourth-order valence-electron chi connectivity index (χ4n) is 1.48. The number of nitrogens with zero attached hydrogens (tertiary/aromatic N) is 1. The molecule has 0 aromatic heterocycles. The van der Waals surface area contributed by atoms with Crippen LogP contribution in [0.25, 0.3) is 0 Å². The Morgan fingerprint density at radius 2 is 2.05 bits per heavy atom. The van der Waals surface area contributed by atoms with Crippen molar-refractivity contribution in [3.05, 3.63) is 46.0 Å². The number of anilines is 1. The van der Waals surface area contributed by atoms with Crippen LogP contribution in [0, 0.1) is 10.1 Å². The summed E-state index contributed by atoms with van der Waals surface area (Å²) in [7, 11) is 0. The van der Waals surface area contributed by atoms with Crippen LogP contribution in [0.3, 0.4) is 0 Å². The number of nitro groups is 1. The Labute approximate surface area is 112 Å². The van der Waals surface area contributed by atoms with Gasteiger partial charge in [0.15, 0.2) is 0 Å². The first kappa shape index (κ1) is 15.7. The summed E-state index contributed by atoms with van der Waals surface area (Å²) in [6.45, 7) is 5.09. The predicted octanol–water partition coefficient (Wildman–Crippen LogP) is 3.52. The van der Waals surface area contributed by atoms with Crippen molar-refractivity contribution in [2.75, 3.05) is 5.32 Å². The van der Waals surface area contributed by atoms with Crippen LogP contribution in [-0.2, 0) is 11.0 Å². The molecule has 0 radical (unpaired) electrons. The Morgan fingerprint density at radius 1 is 1.45 bits per heavy atom. The van der Waals surface area contributed by atoms with Crippen molar-refractivity contribution in [3.63, 3.8) is 0 Å². The molecule has 0 atom stereocenters. The maximum Gasteiger partial charge on any atom is 0.423 e. The van der Waals surface area contributed by atoms with Crippen molar-refractivity contribution in [2.45, 2.75) is 19.5 Å². The predicted molar refractivity (Wildman–Crippen MR) is 66.2 cm³/mol. The van der Waals surface area contributed by atoms with Crippen molar-refractivity contribution in [1.29, 1.82) is 0 Å². The maximum atomic E-state index is 12.7. The number of carbonyl (C=O) groups is 1. The number of carbonyl (C=O) groups excluding carboxylic acids is 1. The molecule has 108 valence electrons. The summed E-state index contributed by atoms with van der Waals surface area (Å²) >= 11 is 0. The highest BCUT2D eigenvalue weighted by molar-refractivity contribution is 5.92. The van der Waals surface area contributed by atoms with E-state index in [4.69, 9.17) is 0 Å². The molecule has 1 N–H and O–H groups in total. The van der Waals surface area contributed by atoms with Gasteiger partial charge in [-0.2, -0.15) is 13.2 Å². The van der Waals surface area contributed by atoms with Crippen LogP contribution < -0.4 is 5.32 Å². The molecule has 1 amide bonds. The van der Waals surface area contributed by atoms with E-state index < -0.39 is 28.3 Å². The van der Waals surface area contributed by atoms with Gasteiger partial charge in [-0.05, 0) is 19.1 Å². The van der Waals surface area contributed by atoms with Crippen molar-refractivity contribution in [3.8, 4) is 0 Å². The van der Waals surface area contributed by atoms with Crippen molar-refractivity contribution in [1.82, 2.24) is 0 Å². The average molecular weight is 288 g/mol. The van der Waals surface area contributed by atoms with Crippen LogP contribution >= 0.6 is 0 Å². The van der Waals surface area contributed by atoms with E-state index in [2.05, 4.69) is 11.9 Å². The molecule has 20 heavy (non-hydrogen) atoms. The van der Waals surface area contributed by atoms with E-state index in [-0.39, 0.29) is 12.1 Å². The Balaban J connectivity index is 3.10. The van der Waals surface area contributed by atoms with Gasteiger partial charge in [0.1, 0.15) is 5.56 Å². The molecule has 0 bridgehead atoms. The second kappa shape index (κ2) is 5.72. The first-order valence-corrected chi connectivity index (χ1v) is 5.41. The molecule has 0 aliphatic rings. The topological polar surface area (TPSA) is 72.2 Å². The summed E-state index contributed by atoms with van der Waals surface area (Å²) in [5.41, 5.74) is -2.08. The molecule has 0 aliphatic heterocycles. The number of hydrogen-bond donors (Lipinski definition) is 1. The summed E-state index contributed by atoms with van der Waals surface area (Å²) < 4.78 is 38.1. The third-order valence-electron chi connectivity index (χ3n) is 2.24. The van der Waals surface area contributed by atoms with E-state index in [1.807, 2.05) is 0 Å². The molecule has 0 saturated heterocycles. The minimum atomic E-state index is -4.88. The third-order valence-corrected chi connectivity index (χ3v) is 2.24. The molecule has 1 rings (SSSR count). The number of benzene rings is 1. The van der Waals surface area contributed by atoms with E-state index in [0.717, 1.165) is 6.07 Å². The number of hydrogen-bond acceptors (Lipinski definition) is 3. The molecule has 0 fully saturated rings. The van der Waals surface area contributed by atoms with Crippen molar-refractivity contribution < 1.29 is 22.9 Å². The Bertz CT molecular complexity index is 568. The first-order valence-electron chi connectivity index (χ1n) is 5.41. The summed E-state index contributed by atoms with van der Waals surface area (Å²) in [5.74, 6) is -0.542. The smallest absolute Gasteiger partial charge is 0.326 e. The molecule has 0 spiro atoms. The summed E-state index contributed by atoms with van der Waals surface area (Å²) in [6.07, 6.45) is -4.92. The molecule has 1 aromatic carbocycles. The van der Waals surface area contributed by atoms with E-state index in [9.17, 15) is 28.1 Å². The van der Waals surface area contributed by atoms with Gasteiger partial charge >= 0.3 is 6.18 Å². The Kier molecular flexibility index (Phi) is 4.49. The fraction of sp³-hybridized carbons (Fsp3) is 0.250. The summed E-state index contributed by atoms with van der Waals surface area (Å²) in [4.78, 5) is 20.8. The van der Waals surface area contributed by atoms with Gasteiger partial charge in [0.05, 0.1) is 4.92 Å². The monoisotopic (exact) mass is 288 g/mol. The molecular weight excluding hydrogens is 277 g/mol. The summed E-state index contributed by atoms with van der Waals surface area (Å²) in [6, 6.07) is 2.29. The van der Waals surface area contributed by atoms with E-state index >= 15 is 0 Å². The highest BCUT2D eigenvalue weighted by Gasteiger charge is 2.38. The van der Waals surface area contributed by atoms with Crippen LogP contribution in [0.1, 0.15) is 18.9 Å².